The van der Waals surface area contributed by atoms with Gasteiger partial charge in [-0.3, -0.25) is 4.79 Å². The maximum absolute atomic E-state index is 13.0. The lowest BCUT2D eigenvalue weighted by Crippen LogP contribution is -2.42. The zero-order chi connectivity index (χ0) is 13.3. The van der Waals surface area contributed by atoms with E-state index in [2.05, 4.69) is 0 Å². The first-order valence-electron chi connectivity index (χ1n) is 5.47. The quantitative estimate of drug-likeness (QED) is 0.869. The van der Waals surface area contributed by atoms with E-state index in [-0.39, 0.29) is 18.0 Å². The van der Waals surface area contributed by atoms with Crippen LogP contribution in [0.3, 0.4) is 0 Å². The molecule has 1 aromatic carbocycles. The van der Waals surface area contributed by atoms with Crippen molar-refractivity contribution in [3.05, 3.63) is 41.9 Å². The predicted octanol–water partition coefficient (Wildman–Crippen LogP) is 1.88. The van der Waals surface area contributed by atoms with Crippen LogP contribution in [0.5, 0.6) is 0 Å². The molecule has 0 fully saturated rings. The summed E-state index contributed by atoms with van der Waals surface area (Å²) < 4.78 is 13.0. The summed E-state index contributed by atoms with van der Waals surface area (Å²) in [5.41, 5.74) is 1.22. The smallest absolute Gasteiger partial charge is 0.327 e. The van der Waals surface area contributed by atoms with Crippen molar-refractivity contribution < 1.29 is 19.1 Å². The minimum atomic E-state index is -1.07. The highest BCUT2D eigenvalue weighted by molar-refractivity contribution is 5.97. The van der Waals surface area contributed by atoms with E-state index in [0.29, 0.717) is 11.3 Å². The molecule has 18 heavy (non-hydrogen) atoms. The van der Waals surface area contributed by atoms with Gasteiger partial charge in [-0.1, -0.05) is 0 Å². The van der Waals surface area contributed by atoms with Crippen molar-refractivity contribution in [1.82, 2.24) is 0 Å². The lowest BCUT2D eigenvalue weighted by Gasteiger charge is -2.30. The maximum atomic E-state index is 13.0. The van der Waals surface area contributed by atoms with E-state index >= 15 is 0 Å². The molecule has 5 heteroatoms. The lowest BCUT2D eigenvalue weighted by atomic mass is 10.0. The monoisotopic (exact) mass is 249 g/mol. The van der Waals surface area contributed by atoms with Crippen molar-refractivity contribution in [2.45, 2.75) is 19.4 Å². The number of rotatable bonds is 2. The molecule has 0 radical (unpaired) electrons. The molecule has 0 spiro atoms. The number of halogens is 1. The number of hydrogen-bond donors (Lipinski definition) is 1. The average molecular weight is 249 g/mol. The number of ketones is 1. The minimum absolute atomic E-state index is 0.0807. The zero-order valence-corrected chi connectivity index (χ0v) is 9.76. The Hall–Kier alpha value is -2.17. The molecule has 1 atom stereocenters. The highest BCUT2D eigenvalue weighted by Crippen LogP contribution is 2.26. The SMILES string of the molecule is Cc1cc(F)ccc1N1C=CC(=O)CC1C(=O)O. The van der Waals surface area contributed by atoms with Crippen molar-refractivity contribution >= 4 is 17.4 Å². The highest BCUT2D eigenvalue weighted by Gasteiger charge is 2.30. The molecule has 0 amide bonds. The number of anilines is 1. The van der Waals surface area contributed by atoms with Gasteiger partial charge in [-0.15, -0.1) is 0 Å². The number of carbonyl (C=O) groups excluding carboxylic acids is 1. The summed E-state index contributed by atoms with van der Waals surface area (Å²) in [7, 11) is 0. The van der Waals surface area contributed by atoms with Gasteiger partial charge in [0.2, 0.25) is 0 Å². The fourth-order valence-corrected chi connectivity index (χ4v) is 1.99. The van der Waals surface area contributed by atoms with Crippen molar-refractivity contribution in [3.8, 4) is 0 Å². The Morgan fingerprint density at radius 2 is 2.22 bits per heavy atom. The van der Waals surface area contributed by atoms with E-state index < -0.39 is 12.0 Å². The van der Waals surface area contributed by atoms with Crippen molar-refractivity contribution in [2.75, 3.05) is 4.90 Å². The molecule has 0 aliphatic carbocycles. The molecular formula is C13H12FNO3. The first kappa shape index (κ1) is 12.3. The van der Waals surface area contributed by atoms with Gasteiger partial charge in [-0.05, 0) is 36.8 Å². The van der Waals surface area contributed by atoms with Crippen molar-refractivity contribution in [3.63, 3.8) is 0 Å². The van der Waals surface area contributed by atoms with Crippen LogP contribution in [0.2, 0.25) is 0 Å². The van der Waals surface area contributed by atoms with Crippen LogP contribution in [0, 0.1) is 12.7 Å². The van der Waals surface area contributed by atoms with Crippen molar-refractivity contribution in [1.29, 1.82) is 0 Å². The first-order valence-corrected chi connectivity index (χ1v) is 5.47. The molecule has 1 heterocycles. The summed E-state index contributed by atoms with van der Waals surface area (Å²) in [6.07, 6.45) is 2.69. The second-order valence-corrected chi connectivity index (χ2v) is 4.18. The number of allylic oxidation sites excluding steroid dienone is 1. The van der Waals surface area contributed by atoms with Crippen LogP contribution in [0.25, 0.3) is 0 Å². The molecule has 1 aliphatic heterocycles. The topological polar surface area (TPSA) is 57.6 Å². The summed E-state index contributed by atoms with van der Waals surface area (Å²) in [5.74, 6) is -1.67. The van der Waals surface area contributed by atoms with E-state index in [1.165, 1.54) is 35.4 Å². The molecule has 4 nitrogen and oxygen atoms in total. The van der Waals surface area contributed by atoms with Crippen LogP contribution in [-0.4, -0.2) is 22.9 Å². The molecule has 0 saturated heterocycles. The van der Waals surface area contributed by atoms with Crippen LogP contribution in [0.1, 0.15) is 12.0 Å². The molecule has 94 valence electrons. The number of carbonyl (C=O) groups is 2. The Morgan fingerprint density at radius 3 is 2.83 bits per heavy atom. The second kappa shape index (κ2) is 4.60. The minimum Gasteiger partial charge on any atom is -0.480 e. The van der Waals surface area contributed by atoms with E-state index in [1.807, 2.05) is 0 Å². The maximum Gasteiger partial charge on any atom is 0.327 e. The Bertz CT molecular complexity index is 539. The van der Waals surface area contributed by atoms with Gasteiger partial charge in [0.25, 0.3) is 0 Å². The second-order valence-electron chi connectivity index (χ2n) is 4.18. The molecule has 0 saturated carbocycles. The molecule has 1 aliphatic rings. The fraction of sp³-hybridized carbons (Fsp3) is 0.231. The first-order chi connectivity index (χ1) is 8.49. The molecule has 0 bridgehead atoms. The van der Waals surface area contributed by atoms with Crippen LogP contribution >= 0.6 is 0 Å². The summed E-state index contributed by atoms with van der Waals surface area (Å²) in [6, 6.07) is 3.18. The van der Waals surface area contributed by atoms with E-state index in [9.17, 15) is 14.0 Å². The van der Waals surface area contributed by atoms with E-state index in [0.717, 1.165) is 0 Å². The molecule has 1 aromatic rings. The zero-order valence-electron chi connectivity index (χ0n) is 9.76. The molecule has 1 unspecified atom stereocenters. The van der Waals surface area contributed by atoms with Gasteiger partial charge in [-0.2, -0.15) is 0 Å². The predicted molar refractivity (Wildman–Crippen MR) is 63.8 cm³/mol. The number of hydrogen-bond acceptors (Lipinski definition) is 3. The molecule has 2 rings (SSSR count). The Kier molecular flexibility index (Phi) is 3.14. The van der Waals surface area contributed by atoms with E-state index in [4.69, 9.17) is 5.11 Å². The fourth-order valence-electron chi connectivity index (χ4n) is 1.99. The van der Waals surface area contributed by atoms with Crippen LogP contribution in [-0.2, 0) is 9.59 Å². The number of benzene rings is 1. The number of carboxylic acid groups (broad SMARTS) is 1. The van der Waals surface area contributed by atoms with Crippen LogP contribution in [0.4, 0.5) is 10.1 Å². The van der Waals surface area contributed by atoms with Crippen molar-refractivity contribution in [2.24, 2.45) is 0 Å². The number of aliphatic carboxylic acids is 1. The molecular weight excluding hydrogens is 237 g/mol. The van der Waals surface area contributed by atoms with Gasteiger partial charge >= 0.3 is 5.97 Å². The third kappa shape index (κ3) is 2.25. The Balaban J connectivity index is 2.43. The Labute approximate surface area is 103 Å². The van der Waals surface area contributed by atoms with Gasteiger partial charge in [0, 0.05) is 18.3 Å². The number of nitrogens with zero attached hydrogens (tertiary/aromatic N) is 1. The summed E-state index contributed by atoms with van der Waals surface area (Å²) in [4.78, 5) is 23.9. The molecule has 1 N–H and O–H groups in total. The van der Waals surface area contributed by atoms with Crippen LogP contribution in [0.15, 0.2) is 30.5 Å². The summed E-state index contributed by atoms with van der Waals surface area (Å²) in [6.45, 7) is 1.70. The van der Waals surface area contributed by atoms with Gasteiger partial charge in [0.05, 0.1) is 0 Å². The summed E-state index contributed by atoms with van der Waals surface area (Å²) in [5, 5.41) is 9.13. The van der Waals surface area contributed by atoms with Gasteiger partial charge in [0.15, 0.2) is 5.78 Å². The number of carboxylic acids is 1. The largest absolute Gasteiger partial charge is 0.480 e. The standard InChI is InChI=1S/C13H12FNO3/c1-8-6-9(14)2-3-11(8)15-5-4-10(16)7-12(15)13(17)18/h2-6,12H,7H2,1H3,(H,17,18). The van der Waals surface area contributed by atoms with Gasteiger partial charge in [-0.25, -0.2) is 9.18 Å². The van der Waals surface area contributed by atoms with Gasteiger partial charge in [0.1, 0.15) is 11.9 Å². The number of aryl methyl sites for hydroxylation is 1. The lowest BCUT2D eigenvalue weighted by molar-refractivity contribution is -0.140. The third-order valence-electron chi connectivity index (χ3n) is 2.87. The molecule has 0 aromatic heterocycles. The average Bonchev–Trinajstić information content (AvgIpc) is 2.29. The third-order valence-corrected chi connectivity index (χ3v) is 2.87. The van der Waals surface area contributed by atoms with Crippen LogP contribution < -0.4 is 4.90 Å². The van der Waals surface area contributed by atoms with Gasteiger partial charge < -0.3 is 10.0 Å². The Morgan fingerprint density at radius 1 is 1.50 bits per heavy atom. The highest BCUT2D eigenvalue weighted by atomic mass is 19.1. The van der Waals surface area contributed by atoms with E-state index in [1.54, 1.807) is 6.92 Å². The normalized spacial score (nSPS) is 19.1. The summed E-state index contributed by atoms with van der Waals surface area (Å²) >= 11 is 0.